The zero-order valence-corrected chi connectivity index (χ0v) is 16.7. The van der Waals surface area contributed by atoms with Crippen molar-refractivity contribution in [3.05, 3.63) is 47.0 Å². The second kappa shape index (κ2) is 7.97. The van der Waals surface area contributed by atoms with Gasteiger partial charge in [-0.1, -0.05) is 0 Å². The summed E-state index contributed by atoms with van der Waals surface area (Å²) in [6.45, 7) is 5.37. The van der Waals surface area contributed by atoms with Gasteiger partial charge >= 0.3 is 0 Å². The molecule has 7 heteroatoms. The van der Waals surface area contributed by atoms with Crippen molar-refractivity contribution in [3.63, 3.8) is 0 Å². The number of hydrogen-bond acceptors (Lipinski definition) is 5. The van der Waals surface area contributed by atoms with Crippen LogP contribution in [0.2, 0.25) is 0 Å². The SMILES string of the molecule is COc1ccc(OC)c([C@@H](C)NS(=O)(=O)c2ccc(OC)c(C)c2C)c1. The van der Waals surface area contributed by atoms with Crippen LogP contribution in [0.15, 0.2) is 35.2 Å². The number of nitrogens with one attached hydrogen (secondary N) is 1. The number of hydrogen-bond donors (Lipinski definition) is 1. The number of benzene rings is 2. The van der Waals surface area contributed by atoms with Gasteiger partial charge in [-0.25, -0.2) is 13.1 Å². The number of sulfonamides is 1. The fourth-order valence-electron chi connectivity index (χ4n) is 2.82. The van der Waals surface area contributed by atoms with Crippen molar-refractivity contribution in [2.75, 3.05) is 21.3 Å². The lowest BCUT2D eigenvalue weighted by atomic mass is 10.1. The van der Waals surface area contributed by atoms with E-state index in [2.05, 4.69) is 4.72 Å². The van der Waals surface area contributed by atoms with Crippen LogP contribution in [-0.4, -0.2) is 29.7 Å². The molecule has 0 saturated carbocycles. The third-order valence-corrected chi connectivity index (χ3v) is 6.12. The first-order valence-electron chi connectivity index (χ1n) is 8.13. The van der Waals surface area contributed by atoms with Crippen LogP contribution in [0.5, 0.6) is 17.2 Å². The summed E-state index contributed by atoms with van der Waals surface area (Å²) in [6.07, 6.45) is 0. The van der Waals surface area contributed by atoms with Crippen molar-refractivity contribution in [3.8, 4) is 17.2 Å². The molecule has 1 N–H and O–H groups in total. The second-order valence-corrected chi connectivity index (χ2v) is 7.65. The Bertz CT molecular complexity index is 893. The van der Waals surface area contributed by atoms with Crippen LogP contribution in [-0.2, 0) is 10.0 Å². The summed E-state index contributed by atoms with van der Waals surface area (Å²) in [6, 6.07) is 7.99. The van der Waals surface area contributed by atoms with E-state index in [1.807, 2.05) is 6.92 Å². The highest BCUT2D eigenvalue weighted by molar-refractivity contribution is 7.89. The van der Waals surface area contributed by atoms with Crippen LogP contribution in [0, 0.1) is 13.8 Å². The molecule has 2 aromatic rings. The van der Waals surface area contributed by atoms with E-state index in [1.54, 1.807) is 65.5 Å². The van der Waals surface area contributed by atoms with Gasteiger partial charge in [-0.2, -0.15) is 0 Å². The summed E-state index contributed by atoms with van der Waals surface area (Å²) in [5, 5.41) is 0. The first kappa shape index (κ1) is 20.1. The molecule has 0 aliphatic carbocycles. The fraction of sp³-hybridized carbons (Fsp3) is 0.368. The van der Waals surface area contributed by atoms with E-state index in [-0.39, 0.29) is 4.90 Å². The molecular weight excluding hydrogens is 354 g/mol. The lowest BCUT2D eigenvalue weighted by Crippen LogP contribution is -2.28. The van der Waals surface area contributed by atoms with Crippen molar-refractivity contribution in [2.45, 2.75) is 31.7 Å². The standard InChI is InChI=1S/C19H25NO5S/c1-12-13(2)19(10-9-17(12)24-5)26(21,22)20-14(3)16-11-15(23-4)7-8-18(16)25-6/h7-11,14,20H,1-6H3/t14-/m1/s1. The molecule has 0 bridgehead atoms. The lowest BCUT2D eigenvalue weighted by Gasteiger charge is -2.20. The van der Waals surface area contributed by atoms with Gasteiger partial charge < -0.3 is 14.2 Å². The normalized spacial score (nSPS) is 12.5. The molecule has 0 aromatic heterocycles. The average Bonchev–Trinajstić information content (AvgIpc) is 2.62. The predicted octanol–water partition coefficient (Wildman–Crippen LogP) is 3.37. The van der Waals surface area contributed by atoms with Crippen LogP contribution in [0.4, 0.5) is 0 Å². The van der Waals surface area contributed by atoms with Crippen LogP contribution in [0.25, 0.3) is 0 Å². The van der Waals surface area contributed by atoms with E-state index in [1.165, 1.54) is 0 Å². The Balaban J connectivity index is 2.40. The third-order valence-electron chi connectivity index (χ3n) is 4.43. The maximum Gasteiger partial charge on any atom is 0.241 e. The van der Waals surface area contributed by atoms with E-state index in [9.17, 15) is 8.42 Å². The molecule has 142 valence electrons. The Hall–Kier alpha value is -2.25. The smallest absolute Gasteiger partial charge is 0.241 e. The van der Waals surface area contributed by atoms with Gasteiger partial charge in [-0.05, 0) is 62.2 Å². The topological polar surface area (TPSA) is 73.9 Å². The maximum atomic E-state index is 12.9. The van der Waals surface area contributed by atoms with Crippen LogP contribution >= 0.6 is 0 Å². The summed E-state index contributed by atoms with van der Waals surface area (Å²) in [5.74, 6) is 1.87. The Morgan fingerprint density at radius 3 is 2.08 bits per heavy atom. The molecule has 0 radical (unpaired) electrons. The van der Waals surface area contributed by atoms with E-state index in [4.69, 9.17) is 14.2 Å². The second-order valence-electron chi connectivity index (χ2n) is 5.97. The Kier molecular flexibility index (Phi) is 6.15. The highest BCUT2D eigenvalue weighted by Crippen LogP contribution is 2.32. The molecule has 0 saturated heterocycles. The first-order valence-corrected chi connectivity index (χ1v) is 9.62. The zero-order valence-electron chi connectivity index (χ0n) is 15.9. The Morgan fingerprint density at radius 2 is 1.50 bits per heavy atom. The van der Waals surface area contributed by atoms with Crippen molar-refractivity contribution < 1.29 is 22.6 Å². The van der Waals surface area contributed by atoms with E-state index >= 15 is 0 Å². The largest absolute Gasteiger partial charge is 0.497 e. The molecule has 0 amide bonds. The Morgan fingerprint density at radius 1 is 0.885 bits per heavy atom. The fourth-order valence-corrected chi connectivity index (χ4v) is 4.34. The molecule has 0 fully saturated rings. The summed E-state index contributed by atoms with van der Waals surface area (Å²) < 4.78 is 44.4. The predicted molar refractivity (Wildman–Crippen MR) is 101 cm³/mol. The molecule has 2 aromatic carbocycles. The summed E-state index contributed by atoms with van der Waals surface area (Å²) in [7, 11) is 0.933. The number of methoxy groups -OCH3 is 3. The van der Waals surface area contributed by atoms with Gasteiger partial charge in [0.1, 0.15) is 17.2 Å². The average molecular weight is 379 g/mol. The quantitative estimate of drug-likeness (QED) is 0.798. The summed E-state index contributed by atoms with van der Waals surface area (Å²) in [4.78, 5) is 0.226. The van der Waals surface area contributed by atoms with Gasteiger partial charge in [0.25, 0.3) is 0 Å². The van der Waals surface area contributed by atoms with Gasteiger partial charge in [0.05, 0.1) is 26.2 Å². The number of rotatable bonds is 7. The zero-order chi connectivity index (χ0) is 19.5. The van der Waals surface area contributed by atoms with Gasteiger partial charge in [-0.15, -0.1) is 0 Å². The molecule has 6 nitrogen and oxygen atoms in total. The highest BCUT2D eigenvalue weighted by atomic mass is 32.2. The van der Waals surface area contributed by atoms with Crippen molar-refractivity contribution in [1.29, 1.82) is 0 Å². The van der Waals surface area contributed by atoms with Gasteiger partial charge in [0, 0.05) is 11.6 Å². The molecular formula is C19H25NO5S. The van der Waals surface area contributed by atoms with Crippen LogP contribution in [0.1, 0.15) is 29.7 Å². The van der Waals surface area contributed by atoms with Gasteiger partial charge in [0.2, 0.25) is 10.0 Å². The minimum absolute atomic E-state index is 0.226. The molecule has 0 aliphatic rings. The molecule has 0 spiro atoms. The van der Waals surface area contributed by atoms with Crippen LogP contribution in [0.3, 0.4) is 0 Å². The van der Waals surface area contributed by atoms with Gasteiger partial charge in [0.15, 0.2) is 0 Å². The Labute approximate surface area is 155 Å². The summed E-state index contributed by atoms with van der Waals surface area (Å²) >= 11 is 0. The molecule has 0 aliphatic heterocycles. The molecule has 2 rings (SSSR count). The van der Waals surface area contributed by atoms with E-state index in [0.717, 1.165) is 5.56 Å². The summed E-state index contributed by atoms with van der Waals surface area (Å²) in [5.41, 5.74) is 2.14. The maximum absolute atomic E-state index is 12.9. The van der Waals surface area contributed by atoms with E-state index < -0.39 is 16.1 Å². The van der Waals surface area contributed by atoms with Crippen molar-refractivity contribution >= 4 is 10.0 Å². The molecule has 1 atom stereocenters. The van der Waals surface area contributed by atoms with Crippen LogP contribution < -0.4 is 18.9 Å². The van der Waals surface area contributed by atoms with Gasteiger partial charge in [-0.3, -0.25) is 0 Å². The molecule has 0 unspecified atom stereocenters. The third kappa shape index (κ3) is 3.94. The first-order chi connectivity index (χ1) is 12.2. The minimum atomic E-state index is -3.73. The number of ether oxygens (including phenoxy) is 3. The van der Waals surface area contributed by atoms with Crippen molar-refractivity contribution in [2.24, 2.45) is 0 Å². The monoisotopic (exact) mass is 379 g/mol. The molecule has 26 heavy (non-hydrogen) atoms. The highest BCUT2D eigenvalue weighted by Gasteiger charge is 2.24. The lowest BCUT2D eigenvalue weighted by molar-refractivity contribution is 0.395. The van der Waals surface area contributed by atoms with E-state index in [0.29, 0.717) is 28.4 Å². The minimum Gasteiger partial charge on any atom is -0.497 e. The van der Waals surface area contributed by atoms with Crippen molar-refractivity contribution in [1.82, 2.24) is 4.72 Å². The molecule has 0 heterocycles.